The van der Waals surface area contributed by atoms with Crippen LogP contribution in [0.25, 0.3) is 23.2 Å². The predicted molar refractivity (Wildman–Crippen MR) is 123 cm³/mol. The molecule has 2 aromatic heterocycles. The number of anilines is 1. The first-order valence-corrected chi connectivity index (χ1v) is 10.7. The average molecular weight is 406 g/mol. The van der Waals surface area contributed by atoms with Crippen molar-refractivity contribution < 1.29 is 5.11 Å². The lowest BCUT2D eigenvalue weighted by molar-refractivity contribution is 0.107. The Kier molecular flexibility index (Phi) is 6.16. The highest BCUT2D eigenvalue weighted by Crippen LogP contribution is 2.31. The monoisotopic (exact) mass is 405 g/mol. The van der Waals surface area contributed by atoms with Crippen LogP contribution in [-0.2, 0) is 0 Å². The maximum absolute atomic E-state index is 8.94. The number of hydrogen-bond donors (Lipinski definition) is 2. The third kappa shape index (κ3) is 4.55. The van der Waals surface area contributed by atoms with Gasteiger partial charge in [-0.1, -0.05) is 13.0 Å². The lowest BCUT2D eigenvalue weighted by Crippen LogP contribution is -2.43. The standard InChI is InChI=1S/C24H31N5O/c1-17-15-28(3)18(2)12-24(17)29-10-8-19(16-29)4-5-21-14-26-23-13-20(25-9-11-30)6-7-22(23)27-21/h4-8,10,13-14,16-18,24-25,30H,9,11-12,15H2,1-3H3/b5-4+. The molecule has 1 saturated heterocycles. The Morgan fingerprint density at radius 1 is 1.20 bits per heavy atom. The van der Waals surface area contributed by atoms with Gasteiger partial charge in [0.2, 0.25) is 0 Å². The second-order valence-corrected chi connectivity index (χ2v) is 8.44. The van der Waals surface area contributed by atoms with E-state index in [1.165, 1.54) is 12.0 Å². The number of piperidine rings is 1. The van der Waals surface area contributed by atoms with Crippen LogP contribution in [0.5, 0.6) is 0 Å². The molecule has 6 heteroatoms. The number of aliphatic hydroxyl groups is 1. The van der Waals surface area contributed by atoms with Crippen molar-refractivity contribution in [3.05, 3.63) is 54.1 Å². The van der Waals surface area contributed by atoms with Gasteiger partial charge in [0, 0.05) is 43.3 Å². The van der Waals surface area contributed by atoms with Gasteiger partial charge in [-0.25, -0.2) is 4.98 Å². The van der Waals surface area contributed by atoms with Crippen molar-refractivity contribution in [1.29, 1.82) is 0 Å². The van der Waals surface area contributed by atoms with E-state index in [1.807, 2.05) is 24.3 Å². The van der Waals surface area contributed by atoms with Crippen LogP contribution in [0.2, 0.25) is 0 Å². The molecule has 0 amide bonds. The molecule has 0 radical (unpaired) electrons. The lowest BCUT2D eigenvalue weighted by Gasteiger charge is -2.40. The van der Waals surface area contributed by atoms with Crippen LogP contribution in [-0.4, -0.2) is 57.3 Å². The summed E-state index contributed by atoms with van der Waals surface area (Å²) >= 11 is 0. The summed E-state index contributed by atoms with van der Waals surface area (Å²) < 4.78 is 2.38. The molecule has 3 unspecified atom stereocenters. The Labute approximate surface area is 178 Å². The van der Waals surface area contributed by atoms with Gasteiger partial charge in [0.15, 0.2) is 0 Å². The zero-order chi connectivity index (χ0) is 21.1. The van der Waals surface area contributed by atoms with Crippen LogP contribution in [0.1, 0.15) is 37.6 Å². The molecule has 0 aliphatic carbocycles. The Morgan fingerprint density at radius 2 is 2.07 bits per heavy atom. The third-order valence-corrected chi connectivity index (χ3v) is 6.14. The smallest absolute Gasteiger partial charge is 0.0907 e. The van der Waals surface area contributed by atoms with E-state index in [9.17, 15) is 0 Å². The summed E-state index contributed by atoms with van der Waals surface area (Å²) in [5, 5.41) is 12.1. The van der Waals surface area contributed by atoms with Gasteiger partial charge in [0.05, 0.1) is 29.5 Å². The van der Waals surface area contributed by atoms with Crippen LogP contribution in [0.3, 0.4) is 0 Å². The zero-order valence-electron chi connectivity index (χ0n) is 18.0. The SMILES string of the molecule is CC1CN(C)C(C)CC1n1ccc(/C=C/c2cnc3cc(NCCO)ccc3n2)c1. The first-order chi connectivity index (χ1) is 14.5. The quantitative estimate of drug-likeness (QED) is 0.651. The number of likely N-dealkylation sites (tertiary alicyclic amines) is 1. The zero-order valence-corrected chi connectivity index (χ0v) is 18.0. The molecule has 4 rings (SSSR count). The molecular weight excluding hydrogens is 374 g/mol. The maximum Gasteiger partial charge on any atom is 0.0907 e. The number of benzene rings is 1. The molecular formula is C24H31N5O. The molecule has 158 valence electrons. The number of aromatic nitrogens is 3. The van der Waals surface area contributed by atoms with Crippen LogP contribution in [0.15, 0.2) is 42.9 Å². The number of nitrogens with zero attached hydrogens (tertiary/aromatic N) is 4. The average Bonchev–Trinajstić information content (AvgIpc) is 3.22. The van der Waals surface area contributed by atoms with Crippen LogP contribution < -0.4 is 5.32 Å². The van der Waals surface area contributed by atoms with Crippen molar-refractivity contribution in [2.24, 2.45) is 5.92 Å². The number of fused-ring (bicyclic) bond motifs is 1. The van der Waals surface area contributed by atoms with E-state index >= 15 is 0 Å². The third-order valence-electron chi connectivity index (χ3n) is 6.14. The summed E-state index contributed by atoms with van der Waals surface area (Å²) in [5.41, 5.74) is 4.66. The van der Waals surface area contributed by atoms with Crippen molar-refractivity contribution in [1.82, 2.24) is 19.4 Å². The molecule has 6 nitrogen and oxygen atoms in total. The molecule has 0 bridgehead atoms. The highest BCUT2D eigenvalue weighted by Gasteiger charge is 2.29. The fourth-order valence-corrected chi connectivity index (χ4v) is 4.27. The number of hydrogen-bond acceptors (Lipinski definition) is 5. The largest absolute Gasteiger partial charge is 0.395 e. The molecule has 1 fully saturated rings. The molecule has 1 aliphatic rings. The Morgan fingerprint density at radius 3 is 2.90 bits per heavy atom. The van der Waals surface area contributed by atoms with Gasteiger partial charge in [0.25, 0.3) is 0 Å². The molecule has 3 heterocycles. The van der Waals surface area contributed by atoms with E-state index in [4.69, 9.17) is 10.1 Å². The fourth-order valence-electron chi connectivity index (χ4n) is 4.27. The van der Waals surface area contributed by atoms with Gasteiger partial charge >= 0.3 is 0 Å². The first kappa shape index (κ1) is 20.6. The van der Waals surface area contributed by atoms with E-state index in [0.717, 1.165) is 29.0 Å². The summed E-state index contributed by atoms with van der Waals surface area (Å²) in [7, 11) is 2.22. The number of nitrogens with one attached hydrogen (secondary N) is 1. The molecule has 1 aliphatic heterocycles. The van der Waals surface area contributed by atoms with E-state index in [-0.39, 0.29) is 6.61 Å². The summed E-state index contributed by atoms with van der Waals surface area (Å²) in [5.74, 6) is 0.638. The lowest BCUT2D eigenvalue weighted by atomic mass is 9.90. The van der Waals surface area contributed by atoms with Gasteiger partial charge in [-0.05, 0) is 62.2 Å². The normalized spacial score (nSPS) is 22.7. The highest BCUT2D eigenvalue weighted by atomic mass is 16.3. The number of rotatable bonds is 6. The van der Waals surface area contributed by atoms with Gasteiger partial charge in [-0.3, -0.25) is 4.98 Å². The first-order valence-electron chi connectivity index (χ1n) is 10.7. The van der Waals surface area contributed by atoms with Crippen LogP contribution in [0.4, 0.5) is 5.69 Å². The molecule has 0 saturated carbocycles. The molecule has 0 spiro atoms. The predicted octanol–water partition coefficient (Wildman–Crippen LogP) is 3.91. The van der Waals surface area contributed by atoms with E-state index in [0.29, 0.717) is 24.5 Å². The number of aliphatic hydroxyl groups excluding tert-OH is 1. The minimum atomic E-state index is 0.102. The van der Waals surface area contributed by atoms with E-state index < -0.39 is 0 Å². The molecule has 3 aromatic rings. The Balaban J connectivity index is 1.47. The second-order valence-electron chi connectivity index (χ2n) is 8.44. The van der Waals surface area contributed by atoms with Gasteiger partial charge in [-0.15, -0.1) is 0 Å². The second kappa shape index (κ2) is 8.98. The van der Waals surface area contributed by atoms with Crippen molar-refractivity contribution in [2.75, 3.05) is 32.1 Å². The molecule has 3 atom stereocenters. The van der Waals surface area contributed by atoms with Crippen LogP contribution >= 0.6 is 0 Å². The van der Waals surface area contributed by atoms with E-state index in [1.54, 1.807) is 6.20 Å². The van der Waals surface area contributed by atoms with Gasteiger partial charge < -0.3 is 19.9 Å². The summed E-state index contributed by atoms with van der Waals surface area (Å²) in [4.78, 5) is 11.7. The van der Waals surface area contributed by atoms with Crippen molar-refractivity contribution in [3.8, 4) is 0 Å². The summed E-state index contributed by atoms with van der Waals surface area (Å²) in [6.45, 7) is 6.42. The molecule has 1 aromatic carbocycles. The summed E-state index contributed by atoms with van der Waals surface area (Å²) in [6.07, 6.45) is 11.5. The van der Waals surface area contributed by atoms with Gasteiger partial charge in [-0.2, -0.15) is 0 Å². The summed E-state index contributed by atoms with van der Waals surface area (Å²) in [6, 6.07) is 9.20. The van der Waals surface area contributed by atoms with Gasteiger partial charge in [0.1, 0.15) is 0 Å². The fraction of sp³-hybridized carbons (Fsp3) is 0.417. The van der Waals surface area contributed by atoms with E-state index in [2.05, 4.69) is 65.2 Å². The molecule has 2 N–H and O–H groups in total. The van der Waals surface area contributed by atoms with Crippen molar-refractivity contribution in [2.45, 2.75) is 32.4 Å². The highest BCUT2D eigenvalue weighted by molar-refractivity contribution is 5.80. The minimum Gasteiger partial charge on any atom is -0.395 e. The molecule has 30 heavy (non-hydrogen) atoms. The Hall–Kier alpha value is -2.70. The van der Waals surface area contributed by atoms with Crippen LogP contribution in [0, 0.1) is 5.92 Å². The maximum atomic E-state index is 8.94. The van der Waals surface area contributed by atoms with Crippen molar-refractivity contribution in [3.63, 3.8) is 0 Å². The topological polar surface area (TPSA) is 66.2 Å². The Bertz CT molecular complexity index is 1030. The van der Waals surface area contributed by atoms with Crippen molar-refractivity contribution >= 4 is 28.9 Å². The minimum absolute atomic E-state index is 0.102.